The van der Waals surface area contributed by atoms with Gasteiger partial charge in [-0.05, 0) is 36.4 Å². The number of halogens is 4. The van der Waals surface area contributed by atoms with E-state index in [1.807, 2.05) is 60.7 Å². The first-order chi connectivity index (χ1) is 15.5. The van der Waals surface area contributed by atoms with Gasteiger partial charge in [0, 0.05) is 11.1 Å². The van der Waals surface area contributed by atoms with Gasteiger partial charge in [0.25, 0.3) is 0 Å². The molecular weight excluding hydrogens is 486 g/mol. The molecule has 6 rings (SSSR count). The molecule has 4 nitrogen and oxygen atoms in total. The van der Waals surface area contributed by atoms with Crippen molar-refractivity contribution in [2.45, 2.75) is 0 Å². The van der Waals surface area contributed by atoms with E-state index < -0.39 is 0 Å². The number of H-pyrrole nitrogens is 2. The predicted octanol–water partition coefficient (Wildman–Crippen LogP) is 8.43. The Bertz CT molecular complexity index is 1630. The SMILES string of the molecule is Clc1c2nc(c(Cl)c3ccc([nH]3)c(Cl)c3ccc([nH]3)c(Cl)c3nc1-c1ccccc1-3)C=C2. The zero-order valence-corrected chi connectivity index (χ0v) is 19.2. The van der Waals surface area contributed by atoms with Gasteiger partial charge in [-0.2, -0.15) is 0 Å². The number of nitrogens with zero attached hydrogens (tertiary/aromatic N) is 2. The van der Waals surface area contributed by atoms with Crippen LogP contribution < -0.4 is 0 Å². The molecule has 3 aromatic heterocycles. The molecule has 1 aromatic carbocycles. The fourth-order valence-electron chi connectivity index (χ4n) is 3.90. The maximum absolute atomic E-state index is 6.82. The van der Waals surface area contributed by atoms with Crippen LogP contribution in [0.4, 0.5) is 0 Å². The number of rotatable bonds is 0. The molecule has 2 aliphatic heterocycles. The van der Waals surface area contributed by atoms with Gasteiger partial charge in [-0.15, -0.1) is 0 Å². The maximum atomic E-state index is 6.82. The van der Waals surface area contributed by atoms with Gasteiger partial charge in [0.05, 0.1) is 64.9 Å². The van der Waals surface area contributed by atoms with E-state index in [0.717, 1.165) is 11.1 Å². The highest BCUT2D eigenvalue weighted by Gasteiger charge is 2.23. The minimum absolute atomic E-state index is 0.426. The van der Waals surface area contributed by atoms with Crippen molar-refractivity contribution in [3.8, 4) is 22.5 Å². The van der Waals surface area contributed by atoms with Crippen molar-refractivity contribution in [1.82, 2.24) is 19.9 Å². The first-order valence-corrected chi connectivity index (χ1v) is 11.2. The molecule has 0 saturated carbocycles. The number of aromatic nitrogens is 4. The molecule has 0 atom stereocenters. The number of nitrogens with one attached hydrogen (secondary N) is 2. The standard InChI is InChI=1S/C24H12Cl4N4/c25-19-13-5-6-14(29-13)20(26)16-8-10-18(31-16)22(28)24-12-4-2-1-3-11(12)23(32-24)21(27)17-9-7-15(19)30-17/h1-10,29-30H. The summed E-state index contributed by atoms with van der Waals surface area (Å²) < 4.78 is 0. The summed E-state index contributed by atoms with van der Waals surface area (Å²) in [5.74, 6) is 0. The molecule has 8 bridgehead atoms. The Morgan fingerprint density at radius 1 is 0.500 bits per heavy atom. The molecule has 0 spiro atoms. The summed E-state index contributed by atoms with van der Waals surface area (Å²) in [7, 11) is 0. The monoisotopic (exact) mass is 496 g/mol. The first kappa shape index (κ1) is 19.9. The van der Waals surface area contributed by atoms with Crippen LogP contribution in [0.15, 0.2) is 48.5 Å². The van der Waals surface area contributed by atoms with Crippen molar-refractivity contribution in [1.29, 1.82) is 0 Å². The van der Waals surface area contributed by atoms with Crippen LogP contribution in [0.2, 0.25) is 20.1 Å². The van der Waals surface area contributed by atoms with Crippen molar-refractivity contribution in [3.05, 3.63) is 80.0 Å². The molecule has 0 unspecified atom stereocenters. The van der Waals surface area contributed by atoms with Crippen LogP contribution in [0.5, 0.6) is 0 Å². The van der Waals surface area contributed by atoms with Gasteiger partial charge in [-0.3, -0.25) is 0 Å². The Balaban J connectivity index is 1.83. The van der Waals surface area contributed by atoms with E-state index in [-0.39, 0.29) is 0 Å². The van der Waals surface area contributed by atoms with Crippen LogP contribution in [-0.4, -0.2) is 19.9 Å². The smallest absolute Gasteiger partial charge is 0.0926 e. The lowest BCUT2D eigenvalue weighted by Crippen LogP contribution is -1.82. The molecule has 4 aromatic rings. The molecule has 5 heterocycles. The molecule has 0 saturated heterocycles. The lowest BCUT2D eigenvalue weighted by molar-refractivity contribution is 1.31. The van der Waals surface area contributed by atoms with E-state index in [1.165, 1.54) is 0 Å². The second-order valence-electron chi connectivity index (χ2n) is 7.40. The third-order valence-electron chi connectivity index (χ3n) is 5.48. The molecule has 0 radical (unpaired) electrons. The van der Waals surface area contributed by atoms with Crippen LogP contribution >= 0.6 is 46.4 Å². The van der Waals surface area contributed by atoms with Crippen LogP contribution in [0.25, 0.3) is 56.7 Å². The normalized spacial score (nSPS) is 12.2. The molecule has 2 aliphatic rings. The van der Waals surface area contributed by atoms with Gasteiger partial charge in [0.15, 0.2) is 0 Å². The third-order valence-corrected chi connectivity index (χ3v) is 7.04. The summed E-state index contributed by atoms with van der Waals surface area (Å²) >= 11 is 26.9. The number of fused-ring (bicyclic) bond motifs is 11. The topological polar surface area (TPSA) is 57.4 Å². The van der Waals surface area contributed by atoms with Crippen LogP contribution in [0, 0.1) is 0 Å². The lowest BCUT2D eigenvalue weighted by Gasteiger charge is -2.00. The Hall–Kier alpha value is -2.76. The molecule has 2 N–H and O–H groups in total. The van der Waals surface area contributed by atoms with E-state index >= 15 is 0 Å². The van der Waals surface area contributed by atoms with Gasteiger partial charge >= 0.3 is 0 Å². The largest absolute Gasteiger partial charge is 0.353 e. The van der Waals surface area contributed by atoms with E-state index in [0.29, 0.717) is 64.9 Å². The Morgan fingerprint density at radius 3 is 1.56 bits per heavy atom. The average Bonchev–Trinajstić information content (AvgIpc) is 3.61. The van der Waals surface area contributed by atoms with Crippen molar-refractivity contribution < 1.29 is 0 Å². The number of benzene rings is 1. The molecule has 8 heteroatoms. The summed E-state index contributed by atoms with van der Waals surface area (Å²) in [6.45, 7) is 0. The summed E-state index contributed by atoms with van der Waals surface area (Å²) in [5, 5.41) is 1.88. The summed E-state index contributed by atoms with van der Waals surface area (Å²) in [6, 6.07) is 15.3. The van der Waals surface area contributed by atoms with Gasteiger partial charge in [-0.25, -0.2) is 9.97 Å². The van der Waals surface area contributed by atoms with Crippen molar-refractivity contribution in [3.63, 3.8) is 0 Å². The molecule has 0 amide bonds. The highest BCUT2D eigenvalue weighted by molar-refractivity contribution is 6.39. The molecular formula is C24H12Cl4N4. The minimum Gasteiger partial charge on any atom is -0.353 e. The Morgan fingerprint density at radius 2 is 0.969 bits per heavy atom. The summed E-state index contributed by atoms with van der Waals surface area (Å²) in [5.41, 5.74) is 7.03. The molecule has 0 fully saturated rings. The van der Waals surface area contributed by atoms with Crippen molar-refractivity contribution in [2.24, 2.45) is 0 Å². The zero-order valence-electron chi connectivity index (χ0n) is 16.2. The van der Waals surface area contributed by atoms with Crippen LogP contribution in [0.1, 0.15) is 11.4 Å². The maximum Gasteiger partial charge on any atom is 0.0926 e. The van der Waals surface area contributed by atoms with Crippen LogP contribution in [0.3, 0.4) is 0 Å². The van der Waals surface area contributed by atoms with Crippen LogP contribution in [-0.2, 0) is 0 Å². The Kier molecular flexibility index (Phi) is 4.60. The second kappa shape index (κ2) is 7.39. The number of hydrogen-bond acceptors (Lipinski definition) is 2. The highest BCUT2D eigenvalue weighted by atomic mass is 35.5. The second-order valence-corrected chi connectivity index (χ2v) is 8.91. The number of hydrogen-bond donors (Lipinski definition) is 2. The van der Waals surface area contributed by atoms with E-state index in [1.54, 1.807) is 0 Å². The fourth-order valence-corrected chi connectivity index (χ4v) is 4.84. The summed E-state index contributed by atoms with van der Waals surface area (Å²) in [4.78, 5) is 16.0. The quantitative estimate of drug-likeness (QED) is 0.221. The van der Waals surface area contributed by atoms with Gasteiger partial charge < -0.3 is 9.97 Å². The number of aromatic amines is 2. The van der Waals surface area contributed by atoms with Crippen molar-refractivity contribution >= 4 is 80.6 Å². The fraction of sp³-hybridized carbons (Fsp3) is 0. The zero-order chi connectivity index (χ0) is 22.0. The predicted molar refractivity (Wildman–Crippen MR) is 134 cm³/mol. The van der Waals surface area contributed by atoms with E-state index in [2.05, 4.69) is 15.0 Å². The molecule has 0 aliphatic carbocycles. The highest BCUT2D eigenvalue weighted by Crippen LogP contribution is 2.43. The van der Waals surface area contributed by atoms with E-state index in [9.17, 15) is 0 Å². The first-order valence-electron chi connectivity index (χ1n) is 9.71. The molecule has 32 heavy (non-hydrogen) atoms. The minimum atomic E-state index is 0.426. The average molecular weight is 498 g/mol. The van der Waals surface area contributed by atoms with Gasteiger partial charge in [-0.1, -0.05) is 70.7 Å². The van der Waals surface area contributed by atoms with E-state index in [4.69, 9.17) is 51.4 Å². The molecule has 156 valence electrons. The lowest BCUT2D eigenvalue weighted by atomic mass is 10.0. The Labute approximate surface area is 202 Å². The van der Waals surface area contributed by atoms with Gasteiger partial charge in [0.2, 0.25) is 0 Å². The third kappa shape index (κ3) is 2.99. The summed E-state index contributed by atoms with van der Waals surface area (Å²) in [6.07, 6.45) is 3.65. The van der Waals surface area contributed by atoms with Crippen molar-refractivity contribution in [2.75, 3.05) is 0 Å². The van der Waals surface area contributed by atoms with Gasteiger partial charge in [0.1, 0.15) is 0 Å².